The van der Waals surface area contributed by atoms with Gasteiger partial charge in [0.05, 0.1) is 19.1 Å². The number of para-hydroxylation sites is 1. The summed E-state index contributed by atoms with van der Waals surface area (Å²) in [7, 11) is 3.42. The third kappa shape index (κ3) is 3.54. The second kappa shape index (κ2) is 7.01. The SMILES string of the molecule is COc1cccc(CCl)c1OC1CCCC(OC)C1. The van der Waals surface area contributed by atoms with Crippen molar-refractivity contribution < 1.29 is 14.2 Å². The van der Waals surface area contributed by atoms with Crippen LogP contribution in [-0.2, 0) is 10.6 Å². The maximum absolute atomic E-state index is 6.14. The number of alkyl halides is 1. The minimum atomic E-state index is 0.178. The predicted octanol–water partition coefficient (Wildman–Crippen LogP) is 3.77. The molecule has 4 heteroatoms. The summed E-state index contributed by atoms with van der Waals surface area (Å²) in [5.74, 6) is 1.95. The monoisotopic (exact) mass is 284 g/mol. The Morgan fingerprint density at radius 3 is 2.68 bits per heavy atom. The first-order valence-corrected chi connectivity index (χ1v) is 7.23. The average molecular weight is 285 g/mol. The average Bonchev–Trinajstić information content (AvgIpc) is 2.47. The van der Waals surface area contributed by atoms with Crippen molar-refractivity contribution in [1.82, 2.24) is 0 Å². The summed E-state index contributed by atoms with van der Waals surface area (Å²) in [6.07, 6.45) is 4.71. The van der Waals surface area contributed by atoms with Crippen LogP contribution in [0.4, 0.5) is 0 Å². The van der Waals surface area contributed by atoms with Crippen LogP contribution in [0.15, 0.2) is 18.2 Å². The first-order valence-electron chi connectivity index (χ1n) is 6.69. The molecule has 0 radical (unpaired) electrons. The summed E-state index contributed by atoms with van der Waals surface area (Å²) < 4.78 is 16.9. The molecular formula is C15H21ClO3. The highest BCUT2D eigenvalue weighted by Crippen LogP contribution is 2.35. The first-order chi connectivity index (χ1) is 9.28. The second-order valence-corrected chi connectivity index (χ2v) is 5.11. The van der Waals surface area contributed by atoms with Crippen LogP contribution in [0, 0.1) is 0 Å². The van der Waals surface area contributed by atoms with Crippen LogP contribution < -0.4 is 9.47 Å². The molecule has 0 aromatic heterocycles. The molecule has 3 nitrogen and oxygen atoms in total. The van der Waals surface area contributed by atoms with Gasteiger partial charge in [0.2, 0.25) is 0 Å². The van der Waals surface area contributed by atoms with E-state index >= 15 is 0 Å². The minimum Gasteiger partial charge on any atom is -0.493 e. The molecule has 106 valence electrons. The van der Waals surface area contributed by atoms with Gasteiger partial charge in [-0.1, -0.05) is 12.1 Å². The highest BCUT2D eigenvalue weighted by Gasteiger charge is 2.24. The van der Waals surface area contributed by atoms with Gasteiger partial charge in [-0.3, -0.25) is 0 Å². The van der Waals surface area contributed by atoms with Gasteiger partial charge in [-0.25, -0.2) is 0 Å². The third-order valence-corrected chi connectivity index (χ3v) is 3.91. The molecule has 1 aliphatic rings. The molecule has 1 aliphatic carbocycles. The van der Waals surface area contributed by atoms with E-state index in [0.717, 1.165) is 42.7 Å². The zero-order valence-electron chi connectivity index (χ0n) is 11.5. The summed E-state index contributed by atoms with van der Waals surface area (Å²) in [5, 5.41) is 0. The number of ether oxygens (including phenoxy) is 3. The van der Waals surface area contributed by atoms with Gasteiger partial charge in [-0.15, -0.1) is 11.6 Å². The van der Waals surface area contributed by atoms with E-state index in [1.165, 1.54) is 0 Å². The van der Waals surface area contributed by atoms with Crippen molar-refractivity contribution in [3.63, 3.8) is 0 Å². The molecule has 0 saturated heterocycles. The van der Waals surface area contributed by atoms with Gasteiger partial charge < -0.3 is 14.2 Å². The number of halogens is 1. The van der Waals surface area contributed by atoms with Crippen molar-refractivity contribution >= 4 is 11.6 Å². The normalized spacial score (nSPS) is 23.1. The topological polar surface area (TPSA) is 27.7 Å². The zero-order valence-corrected chi connectivity index (χ0v) is 12.3. The van der Waals surface area contributed by atoms with Gasteiger partial charge in [0, 0.05) is 19.1 Å². The van der Waals surface area contributed by atoms with Crippen LogP contribution in [0.5, 0.6) is 11.5 Å². The maximum Gasteiger partial charge on any atom is 0.165 e. The molecule has 1 saturated carbocycles. The number of benzene rings is 1. The van der Waals surface area contributed by atoms with Gasteiger partial charge in [0.25, 0.3) is 0 Å². The van der Waals surface area contributed by atoms with Crippen molar-refractivity contribution in [2.75, 3.05) is 14.2 Å². The number of methoxy groups -OCH3 is 2. The fraction of sp³-hybridized carbons (Fsp3) is 0.600. The highest BCUT2D eigenvalue weighted by atomic mass is 35.5. The Labute approximate surface area is 119 Å². The van der Waals surface area contributed by atoms with Crippen molar-refractivity contribution in [3.05, 3.63) is 23.8 Å². The van der Waals surface area contributed by atoms with Gasteiger partial charge in [0.15, 0.2) is 11.5 Å². The zero-order chi connectivity index (χ0) is 13.7. The molecule has 1 aromatic rings. The Balaban J connectivity index is 2.13. The fourth-order valence-electron chi connectivity index (χ4n) is 2.55. The van der Waals surface area contributed by atoms with Gasteiger partial charge in [-0.2, -0.15) is 0 Å². The van der Waals surface area contributed by atoms with E-state index in [2.05, 4.69) is 0 Å². The van der Waals surface area contributed by atoms with Crippen molar-refractivity contribution in [2.24, 2.45) is 0 Å². The van der Waals surface area contributed by atoms with E-state index in [-0.39, 0.29) is 6.10 Å². The number of hydrogen-bond acceptors (Lipinski definition) is 3. The van der Waals surface area contributed by atoms with E-state index in [9.17, 15) is 0 Å². The van der Waals surface area contributed by atoms with E-state index in [0.29, 0.717) is 12.0 Å². The summed E-state index contributed by atoms with van der Waals surface area (Å²) in [5.41, 5.74) is 0.973. The van der Waals surface area contributed by atoms with Gasteiger partial charge >= 0.3 is 0 Å². The Morgan fingerprint density at radius 2 is 2.00 bits per heavy atom. The van der Waals surface area contributed by atoms with Crippen LogP contribution in [0.1, 0.15) is 31.2 Å². The summed E-state index contributed by atoms with van der Waals surface area (Å²) >= 11 is 5.97. The summed E-state index contributed by atoms with van der Waals surface area (Å²) in [6.45, 7) is 0. The molecule has 19 heavy (non-hydrogen) atoms. The minimum absolute atomic E-state index is 0.178. The van der Waals surface area contributed by atoms with Crippen LogP contribution in [0.25, 0.3) is 0 Å². The van der Waals surface area contributed by atoms with Crippen LogP contribution in [0.3, 0.4) is 0 Å². The number of rotatable bonds is 5. The lowest BCUT2D eigenvalue weighted by Gasteiger charge is -2.29. The Kier molecular flexibility index (Phi) is 5.34. The largest absolute Gasteiger partial charge is 0.493 e. The molecule has 0 aliphatic heterocycles. The molecule has 0 N–H and O–H groups in total. The fourth-order valence-corrected chi connectivity index (χ4v) is 2.76. The maximum atomic E-state index is 6.14. The van der Waals surface area contributed by atoms with Crippen molar-refractivity contribution in [2.45, 2.75) is 43.8 Å². The molecule has 0 bridgehead atoms. The smallest absolute Gasteiger partial charge is 0.165 e. The van der Waals surface area contributed by atoms with E-state index < -0.39 is 0 Å². The number of hydrogen-bond donors (Lipinski definition) is 0. The van der Waals surface area contributed by atoms with Crippen molar-refractivity contribution in [3.8, 4) is 11.5 Å². The molecule has 2 unspecified atom stereocenters. The molecule has 0 spiro atoms. The van der Waals surface area contributed by atoms with Crippen LogP contribution in [0.2, 0.25) is 0 Å². The second-order valence-electron chi connectivity index (χ2n) is 4.85. The van der Waals surface area contributed by atoms with E-state index in [1.54, 1.807) is 14.2 Å². The summed E-state index contributed by atoms with van der Waals surface area (Å²) in [6, 6.07) is 5.81. The van der Waals surface area contributed by atoms with Gasteiger partial charge in [0.1, 0.15) is 6.10 Å². The summed E-state index contributed by atoms with van der Waals surface area (Å²) in [4.78, 5) is 0. The molecule has 1 fully saturated rings. The predicted molar refractivity (Wildman–Crippen MR) is 76.2 cm³/mol. The van der Waals surface area contributed by atoms with E-state index in [4.69, 9.17) is 25.8 Å². The van der Waals surface area contributed by atoms with E-state index in [1.807, 2.05) is 18.2 Å². The lowest BCUT2D eigenvalue weighted by molar-refractivity contribution is 0.0199. The quantitative estimate of drug-likeness (QED) is 0.770. The molecule has 0 amide bonds. The van der Waals surface area contributed by atoms with Crippen molar-refractivity contribution in [1.29, 1.82) is 0 Å². The lowest BCUT2D eigenvalue weighted by atomic mass is 9.95. The standard InChI is InChI=1S/C15H21ClO3/c1-17-12-6-4-7-13(9-12)19-15-11(10-16)5-3-8-14(15)18-2/h3,5,8,12-13H,4,6-7,9-10H2,1-2H3. The highest BCUT2D eigenvalue weighted by molar-refractivity contribution is 6.17. The molecule has 1 aromatic carbocycles. The molecular weight excluding hydrogens is 264 g/mol. The Morgan fingerprint density at radius 1 is 1.21 bits per heavy atom. The Bertz CT molecular complexity index is 386. The molecule has 0 heterocycles. The first kappa shape index (κ1) is 14.5. The lowest BCUT2D eigenvalue weighted by Crippen LogP contribution is -2.29. The molecule has 2 atom stereocenters. The van der Waals surface area contributed by atoms with Crippen LogP contribution >= 0.6 is 11.6 Å². The van der Waals surface area contributed by atoms with Crippen LogP contribution in [-0.4, -0.2) is 26.4 Å². The Hall–Kier alpha value is -0.930. The van der Waals surface area contributed by atoms with Gasteiger partial charge in [-0.05, 0) is 25.3 Å². The molecule has 2 rings (SSSR count). The third-order valence-electron chi connectivity index (χ3n) is 3.62.